The Labute approximate surface area is 160 Å². The van der Waals surface area contributed by atoms with E-state index < -0.39 is 0 Å². The zero-order valence-electron chi connectivity index (χ0n) is 16.1. The van der Waals surface area contributed by atoms with E-state index >= 15 is 0 Å². The third kappa shape index (κ3) is 4.99. The van der Waals surface area contributed by atoms with Crippen LogP contribution >= 0.6 is 0 Å². The van der Waals surface area contributed by atoms with E-state index in [-0.39, 0.29) is 24.0 Å². The summed E-state index contributed by atoms with van der Waals surface area (Å²) in [5, 5.41) is 9.78. The molecule has 2 atom stereocenters. The number of nitrogens with zero attached hydrogens (tertiary/aromatic N) is 3. The van der Waals surface area contributed by atoms with Crippen LogP contribution in [0.15, 0.2) is 24.3 Å². The van der Waals surface area contributed by atoms with Gasteiger partial charge in [-0.1, -0.05) is 12.1 Å². The van der Waals surface area contributed by atoms with Crippen molar-refractivity contribution in [1.82, 2.24) is 14.7 Å². The van der Waals surface area contributed by atoms with E-state index in [0.29, 0.717) is 39.1 Å². The zero-order valence-corrected chi connectivity index (χ0v) is 16.1. The maximum Gasteiger partial charge on any atom is 0.227 e. The highest BCUT2D eigenvalue weighted by atomic mass is 16.5. The summed E-state index contributed by atoms with van der Waals surface area (Å²) in [6.07, 6.45) is 0.813. The minimum absolute atomic E-state index is 0.0429. The van der Waals surface area contributed by atoms with Gasteiger partial charge in [0.2, 0.25) is 11.8 Å². The lowest BCUT2D eigenvalue weighted by atomic mass is 10.1. The second-order valence-corrected chi connectivity index (χ2v) is 7.43. The number of amides is 2. The van der Waals surface area contributed by atoms with Gasteiger partial charge in [-0.25, -0.2) is 0 Å². The average Bonchev–Trinajstić information content (AvgIpc) is 3.07. The quantitative estimate of drug-likeness (QED) is 0.805. The summed E-state index contributed by atoms with van der Waals surface area (Å²) in [7, 11) is 1.62. The number of likely N-dealkylation sites (tertiary alicyclic amines) is 1. The Hall–Kier alpha value is -2.12. The molecule has 2 amide bonds. The maximum absolute atomic E-state index is 13.0. The number of methoxy groups -OCH3 is 1. The molecular weight excluding hydrogens is 346 g/mol. The molecule has 0 aromatic heterocycles. The maximum atomic E-state index is 13.0. The molecule has 1 aromatic rings. The van der Waals surface area contributed by atoms with Crippen LogP contribution in [0.25, 0.3) is 0 Å². The van der Waals surface area contributed by atoms with Crippen molar-refractivity contribution < 1.29 is 19.4 Å². The van der Waals surface area contributed by atoms with Gasteiger partial charge >= 0.3 is 0 Å². The molecule has 1 aromatic carbocycles. The fourth-order valence-corrected chi connectivity index (χ4v) is 3.92. The highest BCUT2D eigenvalue weighted by Crippen LogP contribution is 2.18. The van der Waals surface area contributed by atoms with Gasteiger partial charge in [0.15, 0.2) is 0 Å². The molecule has 148 valence electrons. The van der Waals surface area contributed by atoms with E-state index in [4.69, 9.17) is 4.74 Å². The summed E-state index contributed by atoms with van der Waals surface area (Å²) in [6, 6.07) is 7.50. The number of carbonyl (C=O) groups excluding carboxylic acids is 2. The fraction of sp³-hybridized carbons (Fsp3) is 0.600. The first-order valence-electron chi connectivity index (χ1n) is 9.54. The third-order valence-corrected chi connectivity index (χ3v) is 5.48. The average molecular weight is 375 g/mol. The summed E-state index contributed by atoms with van der Waals surface area (Å²) < 4.78 is 5.17. The van der Waals surface area contributed by atoms with Gasteiger partial charge in [0, 0.05) is 46.2 Å². The van der Waals surface area contributed by atoms with Crippen molar-refractivity contribution in [3.63, 3.8) is 0 Å². The Balaban J connectivity index is 1.67. The lowest BCUT2D eigenvalue weighted by Gasteiger charge is -2.42. The molecule has 0 saturated carbocycles. The molecule has 0 unspecified atom stereocenters. The highest BCUT2D eigenvalue weighted by Gasteiger charge is 2.34. The van der Waals surface area contributed by atoms with Gasteiger partial charge in [0.1, 0.15) is 5.75 Å². The molecule has 1 N–H and O–H groups in total. The molecule has 0 radical (unpaired) electrons. The van der Waals surface area contributed by atoms with Crippen LogP contribution < -0.4 is 4.74 Å². The van der Waals surface area contributed by atoms with Crippen LogP contribution in [0.3, 0.4) is 0 Å². The van der Waals surface area contributed by atoms with Crippen molar-refractivity contribution >= 4 is 11.8 Å². The largest absolute Gasteiger partial charge is 0.497 e. The monoisotopic (exact) mass is 375 g/mol. The van der Waals surface area contributed by atoms with Crippen LogP contribution in [0.5, 0.6) is 5.75 Å². The summed E-state index contributed by atoms with van der Waals surface area (Å²) in [5.74, 6) is 0.892. The van der Waals surface area contributed by atoms with Gasteiger partial charge in [-0.05, 0) is 24.1 Å². The first-order chi connectivity index (χ1) is 13.0. The Morgan fingerprint density at radius 1 is 1.15 bits per heavy atom. The van der Waals surface area contributed by atoms with Crippen molar-refractivity contribution in [2.24, 2.45) is 0 Å². The van der Waals surface area contributed by atoms with Gasteiger partial charge in [-0.2, -0.15) is 0 Å². The van der Waals surface area contributed by atoms with Gasteiger partial charge < -0.3 is 19.6 Å². The molecule has 0 aliphatic carbocycles. The molecule has 3 rings (SSSR count). The molecule has 7 heteroatoms. The number of hydrogen-bond acceptors (Lipinski definition) is 5. The molecule has 7 nitrogen and oxygen atoms in total. The number of aliphatic hydroxyl groups excluding tert-OH is 1. The van der Waals surface area contributed by atoms with Crippen LogP contribution in [0.4, 0.5) is 0 Å². The number of carbonyl (C=O) groups is 2. The van der Waals surface area contributed by atoms with Crippen molar-refractivity contribution in [2.45, 2.75) is 31.9 Å². The van der Waals surface area contributed by atoms with Gasteiger partial charge in [0.25, 0.3) is 0 Å². The number of aliphatic hydroxyl groups is 1. The smallest absolute Gasteiger partial charge is 0.227 e. The van der Waals surface area contributed by atoms with Crippen molar-refractivity contribution in [2.75, 3.05) is 46.4 Å². The molecule has 0 bridgehead atoms. The van der Waals surface area contributed by atoms with Crippen LogP contribution in [-0.4, -0.2) is 90.1 Å². The number of piperazine rings is 1. The van der Waals surface area contributed by atoms with Crippen molar-refractivity contribution in [3.8, 4) is 5.75 Å². The number of hydrogen-bond donors (Lipinski definition) is 1. The lowest BCUT2D eigenvalue weighted by Crippen LogP contribution is -2.59. The van der Waals surface area contributed by atoms with E-state index in [1.807, 2.05) is 34.1 Å². The second-order valence-electron chi connectivity index (χ2n) is 7.43. The number of ether oxygens (including phenoxy) is 1. The lowest BCUT2D eigenvalue weighted by molar-refractivity contribution is -0.142. The Kier molecular flexibility index (Phi) is 6.34. The van der Waals surface area contributed by atoms with Crippen molar-refractivity contribution in [3.05, 3.63) is 29.8 Å². The van der Waals surface area contributed by atoms with E-state index in [0.717, 1.165) is 24.3 Å². The fourth-order valence-electron chi connectivity index (χ4n) is 3.92. The molecule has 2 saturated heterocycles. The third-order valence-electron chi connectivity index (χ3n) is 5.48. The van der Waals surface area contributed by atoms with E-state index in [1.165, 1.54) is 0 Å². The molecule has 2 aliphatic heterocycles. The first kappa shape index (κ1) is 19.6. The van der Waals surface area contributed by atoms with E-state index in [9.17, 15) is 14.7 Å². The van der Waals surface area contributed by atoms with E-state index in [2.05, 4.69) is 4.90 Å². The SMILES string of the molecule is COc1ccc(CC(=O)N2CCN(C(C)=O)C[C@H]2CN2CC[C@@H](O)C2)cc1. The molecule has 2 heterocycles. The van der Waals surface area contributed by atoms with E-state index in [1.54, 1.807) is 14.0 Å². The predicted molar refractivity (Wildman–Crippen MR) is 102 cm³/mol. The molecular formula is C20H29N3O4. The standard InChI is InChI=1S/C20H29N3O4/c1-15(24)22-9-10-23(17(13-22)12-21-8-7-18(25)14-21)20(26)11-16-3-5-19(27-2)6-4-16/h3-6,17-18,25H,7-14H2,1-2H3/t17-,18-/m1/s1. The summed E-state index contributed by atoms with van der Waals surface area (Å²) in [4.78, 5) is 30.7. The van der Waals surface area contributed by atoms with Crippen LogP contribution in [0.1, 0.15) is 18.9 Å². The Morgan fingerprint density at radius 3 is 2.48 bits per heavy atom. The number of benzene rings is 1. The minimum Gasteiger partial charge on any atom is -0.497 e. The Bertz CT molecular complexity index is 664. The second kappa shape index (κ2) is 8.71. The Morgan fingerprint density at radius 2 is 1.89 bits per heavy atom. The minimum atomic E-state index is -0.291. The summed E-state index contributed by atoms with van der Waals surface area (Å²) in [6.45, 7) is 5.41. The van der Waals surface area contributed by atoms with Gasteiger partial charge in [0.05, 0.1) is 25.7 Å². The normalized spacial score (nSPS) is 23.5. The molecule has 27 heavy (non-hydrogen) atoms. The van der Waals surface area contributed by atoms with Crippen LogP contribution in [-0.2, 0) is 16.0 Å². The van der Waals surface area contributed by atoms with Crippen LogP contribution in [0.2, 0.25) is 0 Å². The molecule has 2 aliphatic rings. The van der Waals surface area contributed by atoms with Crippen molar-refractivity contribution in [1.29, 1.82) is 0 Å². The number of β-amino-alcohol motifs (C(OH)–C–C–N with tert-alkyl or cyclic N) is 1. The molecule has 2 fully saturated rings. The zero-order chi connectivity index (χ0) is 19.4. The first-order valence-corrected chi connectivity index (χ1v) is 9.54. The topological polar surface area (TPSA) is 73.3 Å². The highest BCUT2D eigenvalue weighted by molar-refractivity contribution is 5.80. The number of rotatable bonds is 5. The van der Waals surface area contributed by atoms with Crippen LogP contribution in [0, 0.1) is 0 Å². The van der Waals surface area contributed by atoms with Gasteiger partial charge in [-0.15, -0.1) is 0 Å². The predicted octanol–water partition coefficient (Wildman–Crippen LogP) is 0.364. The summed E-state index contributed by atoms with van der Waals surface area (Å²) in [5.41, 5.74) is 0.949. The summed E-state index contributed by atoms with van der Waals surface area (Å²) >= 11 is 0. The molecule has 0 spiro atoms. The van der Waals surface area contributed by atoms with Gasteiger partial charge in [-0.3, -0.25) is 14.5 Å².